The van der Waals surface area contributed by atoms with Crippen molar-refractivity contribution < 1.29 is 9.59 Å². The Hall–Kier alpha value is -1.88. The standard InChI is InChI=1S/C16H21N3O2/c17-10-16(7-1-2-8-16)15(21)18-12-4-5-13-11(9-12)3-6-14(20)19-13/h4-5,9H,1-3,6-8,10,17H2,(H,18,21)(H,19,20). The monoisotopic (exact) mass is 287 g/mol. The summed E-state index contributed by atoms with van der Waals surface area (Å²) < 4.78 is 0. The maximum Gasteiger partial charge on any atom is 0.231 e. The Labute approximate surface area is 124 Å². The van der Waals surface area contributed by atoms with Crippen LogP contribution in [0, 0.1) is 5.41 Å². The van der Waals surface area contributed by atoms with Crippen LogP contribution < -0.4 is 16.4 Å². The molecular weight excluding hydrogens is 266 g/mol. The van der Waals surface area contributed by atoms with Gasteiger partial charge in [-0.3, -0.25) is 9.59 Å². The van der Waals surface area contributed by atoms with E-state index in [9.17, 15) is 9.59 Å². The lowest BCUT2D eigenvalue weighted by molar-refractivity contribution is -0.124. The highest BCUT2D eigenvalue weighted by molar-refractivity contribution is 5.97. The van der Waals surface area contributed by atoms with E-state index in [1.165, 1.54) is 0 Å². The summed E-state index contributed by atoms with van der Waals surface area (Å²) in [6.45, 7) is 0.403. The summed E-state index contributed by atoms with van der Waals surface area (Å²) >= 11 is 0. The average molecular weight is 287 g/mol. The Balaban J connectivity index is 1.76. The first-order chi connectivity index (χ1) is 10.1. The summed E-state index contributed by atoms with van der Waals surface area (Å²) in [5, 5.41) is 5.85. The number of nitrogens with one attached hydrogen (secondary N) is 2. The molecule has 0 spiro atoms. The van der Waals surface area contributed by atoms with Gasteiger partial charge in [0.2, 0.25) is 11.8 Å². The third-order valence-corrected chi connectivity index (χ3v) is 4.69. The first-order valence-corrected chi connectivity index (χ1v) is 7.57. The summed E-state index contributed by atoms with van der Waals surface area (Å²) in [6, 6.07) is 5.64. The van der Waals surface area contributed by atoms with E-state index in [1.807, 2.05) is 18.2 Å². The molecule has 2 amide bonds. The third kappa shape index (κ3) is 2.65. The molecule has 0 radical (unpaired) electrons. The number of aryl methyl sites for hydroxylation is 1. The lowest BCUT2D eigenvalue weighted by Gasteiger charge is -2.26. The summed E-state index contributed by atoms with van der Waals surface area (Å²) in [4.78, 5) is 23.9. The van der Waals surface area contributed by atoms with Gasteiger partial charge >= 0.3 is 0 Å². The number of amides is 2. The number of carbonyl (C=O) groups is 2. The molecule has 5 heteroatoms. The molecule has 1 saturated carbocycles. The van der Waals surface area contributed by atoms with Crippen molar-refractivity contribution in [2.45, 2.75) is 38.5 Å². The number of benzene rings is 1. The molecule has 0 unspecified atom stereocenters. The van der Waals surface area contributed by atoms with E-state index in [0.29, 0.717) is 19.4 Å². The lowest BCUT2D eigenvalue weighted by Crippen LogP contribution is -2.40. The second-order valence-corrected chi connectivity index (χ2v) is 6.07. The topological polar surface area (TPSA) is 84.2 Å². The maximum absolute atomic E-state index is 12.5. The fourth-order valence-electron chi connectivity index (χ4n) is 3.30. The molecule has 1 aromatic rings. The number of carbonyl (C=O) groups excluding carboxylic acids is 2. The third-order valence-electron chi connectivity index (χ3n) is 4.69. The van der Waals surface area contributed by atoms with Crippen molar-refractivity contribution in [1.29, 1.82) is 0 Å². The number of hydrogen-bond donors (Lipinski definition) is 3. The first-order valence-electron chi connectivity index (χ1n) is 7.57. The molecule has 4 N–H and O–H groups in total. The van der Waals surface area contributed by atoms with Gasteiger partial charge in [0.15, 0.2) is 0 Å². The predicted molar refractivity (Wildman–Crippen MR) is 82.0 cm³/mol. The van der Waals surface area contributed by atoms with E-state index in [4.69, 9.17) is 5.73 Å². The molecule has 5 nitrogen and oxygen atoms in total. The van der Waals surface area contributed by atoms with Crippen molar-refractivity contribution in [3.05, 3.63) is 23.8 Å². The fourth-order valence-corrected chi connectivity index (χ4v) is 3.30. The van der Waals surface area contributed by atoms with E-state index >= 15 is 0 Å². The number of fused-ring (bicyclic) bond motifs is 1. The minimum absolute atomic E-state index is 0.0299. The molecule has 1 aliphatic heterocycles. The number of rotatable bonds is 3. The molecule has 3 rings (SSSR count). The van der Waals surface area contributed by atoms with E-state index in [2.05, 4.69) is 10.6 Å². The van der Waals surface area contributed by atoms with Crippen LogP contribution in [0.3, 0.4) is 0 Å². The zero-order valence-electron chi connectivity index (χ0n) is 12.1. The number of nitrogens with two attached hydrogens (primary N) is 1. The Kier molecular flexibility index (Phi) is 3.68. The van der Waals surface area contributed by atoms with Gasteiger partial charge in [0.25, 0.3) is 0 Å². The quantitative estimate of drug-likeness (QED) is 0.795. The highest BCUT2D eigenvalue weighted by atomic mass is 16.2. The van der Waals surface area contributed by atoms with Gasteiger partial charge in [-0.2, -0.15) is 0 Å². The molecule has 2 aliphatic rings. The minimum atomic E-state index is -0.399. The number of anilines is 2. The second-order valence-electron chi connectivity index (χ2n) is 6.07. The van der Waals surface area contributed by atoms with Gasteiger partial charge in [0.1, 0.15) is 0 Å². The van der Waals surface area contributed by atoms with E-state index in [-0.39, 0.29) is 11.8 Å². The van der Waals surface area contributed by atoms with Gasteiger partial charge in [0.05, 0.1) is 5.41 Å². The van der Waals surface area contributed by atoms with E-state index in [0.717, 1.165) is 42.6 Å². The van der Waals surface area contributed by atoms with Crippen LogP contribution in [0.5, 0.6) is 0 Å². The second kappa shape index (κ2) is 5.48. The summed E-state index contributed by atoms with van der Waals surface area (Å²) in [6.07, 6.45) is 5.10. The Morgan fingerprint density at radius 2 is 2.05 bits per heavy atom. The van der Waals surface area contributed by atoms with Crippen molar-refractivity contribution >= 4 is 23.2 Å². The van der Waals surface area contributed by atoms with Crippen LogP contribution in [0.25, 0.3) is 0 Å². The van der Waals surface area contributed by atoms with Crippen LogP contribution in [-0.4, -0.2) is 18.4 Å². The zero-order valence-corrected chi connectivity index (χ0v) is 12.1. The molecular formula is C16H21N3O2. The lowest BCUT2D eigenvalue weighted by atomic mass is 9.85. The summed E-state index contributed by atoms with van der Waals surface area (Å²) in [7, 11) is 0. The molecule has 1 aliphatic carbocycles. The Bertz CT molecular complexity index is 577. The average Bonchev–Trinajstić information content (AvgIpc) is 2.97. The van der Waals surface area contributed by atoms with Crippen LogP contribution in [-0.2, 0) is 16.0 Å². The molecule has 0 aromatic heterocycles. The van der Waals surface area contributed by atoms with Gasteiger partial charge in [-0.05, 0) is 43.0 Å². The van der Waals surface area contributed by atoms with Crippen LogP contribution in [0.1, 0.15) is 37.7 Å². The van der Waals surface area contributed by atoms with Crippen molar-refractivity contribution in [2.24, 2.45) is 11.1 Å². The highest BCUT2D eigenvalue weighted by Crippen LogP contribution is 2.38. The molecule has 1 aromatic carbocycles. The first kappa shape index (κ1) is 14.1. The zero-order chi connectivity index (χ0) is 14.9. The largest absolute Gasteiger partial charge is 0.329 e. The SMILES string of the molecule is NCC1(C(=O)Nc2ccc3c(c2)CCC(=O)N3)CCCC1. The molecule has 0 saturated heterocycles. The van der Waals surface area contributed by atoms with Crippen molar-refractivity contribution in [1.82, 2.24) is 0 Å². The molecule has 0 atom stereocenters. The van der Waals surface area contributed by atoms with Gasteiger partial charge < -0.3 is 16.4 Å². The maximum atomic E-state index is 12.5. The molecule has 0 bridgehead atoms. The molecule has 112 valence electrons. The van der Waals surface area contributed by atoms with Crippen molar-refractivity contribution in [2.75, 3.05) is 17.2 Å². The van der Waals surface area contributed by atoms with Crippen LogP contribution in [0.2, 0.25) is 0 Å². The summed E-state index contributed by atoms with van der Waals surface area (Å²) in [5.41, 5.74) is 8.15. The van der Waals surface area contributed by atoms with Gasteiger partial charge in [-0.1, -0.05) is 12.8 Å². The Morgan fingerprint density at radius 1 is 1.29 bits per heavy atom. The molecule has 1 fully saturated rings. The molecule has 21 heavy (non-hydrogen) atoms. The fraction of sp³-hybridized carbons (Fsp3) is 0.500. The van der Waals surface area contributed by atoms with Crippen molar-refractivity contribution in [3.8, 4) is 0 Å². The normalized spacial score (nSPS) is 19.8. The minimum Gasteiger partial charge on any atom is -0.329 e. The number of hydrogen-bond acceptors (Lipinski definition) is 3. The Morgan fingerprint density at radius 3 is 2.76 bits per heavy atom. The van der Waals surface area contributed by atoms with Gasteiger partial charge in [-0.25, -0.2) is 0 Å². The smallest absolute Gasteiger partial charge is 0.231 e. The summed E-state index contributed by atoms with van der Waals surface area (Å²) in [5.74, 6) is 0.0784. The van der Waals surface area contributed by atoms with Crippen LogP contribution in [0.4, 0.5) is 11.4 Å². The van der Waals surface area contributed by atoms with Crippen LogP contribution in [0.15, 0.2) is 18.2 Å². The van der Waals surface area contributed by atoms with Crippen molar-refractivity contribution in [3.63, 3.8) is 0 Å². The highest BCUT2D eigenvalue weighted by Gasteiger charge is 2.39. The molecule has 1 heterocycles. The van der Waals surface area contributed by atoms with Crippen LogP contribution >= 0.6 is 0 Å². The van der Waals surface area contributed by atoms with Gasteiger partial charge in [-0.15, -0.1) is 0 Å². The predicted octanol–water partition coefficient (Wildman–Crippen LogP) is 2.03. The van der Waals surface area contributed by atoms with E-state index < -0.39 is 5.41 Å². The van der Waals surface area contributed by atoms with E-state index in [1.54, 1.807) is 0 Å². The van der Waals surface area contributed by atoms with Gasteiger partial charge in [0, 0.05) is 24.3 Å².